The van der Waals surface area contributed by atoms with E-state index in [-0.39, 0.29) is 5.91 Å². The van der Waals surface area contributed by atoms with Gasteiger partial charge in [0, 0.05) is 23.9 Å². The van der Waals surface area contributed by atoms with Crippen LogP contribution in [0, 0.1) is 0 Å². The van der Waals surface area contributed by atoms with Gasteiger partial charge in [0.25, 0.3) is 5.91 Å². The van der Waals surface area contributed by atoms with Crippen molar-refractivity contribution in [1.82, 2.24) is 14.7 Å². The van der Waals surface area contributed by atoms with Gasteiger partial charge in [-0.3, -0.25) is 9.69 Å². The van der Waals surface area contributed by atoms with E-state index in [0.29, 0.717) is 40.3 Å². The molecule has 1 aliphatic rings. The van der Waals surface area contributed by atoms with Gasteiger partial charge >= 0.3 is 0 Å². The van der Waals surface area contributed by atoms with E-state index < -0.39 is 0 Å². The molecule has 9 heteroatoms. The molecule has 0 saturated carbocycles. The van der Waals surface area contributed by atoms with E-state index in [1.54, 1.807) is 19.1 Å². The first-order valence-electron chi connectivity index (χ1n) is 12.8. The van der Waals surface area contributed by atoms with E-state index in [4.69, 9.17) is 31.5 Å². The van der Waals surface area contributed by atoms with E-state index in [2.05, 4.69) is 0 Å². The van der Waals surface area contributed by atoms with E-state index in [1.807, 2.05) is 96.7 Å². The van der Waals surface area contributed by atoms with Crippen LogP contribution in [0.1, 0.15) is 18.1 Å². The van der Waals surface area contributed by atoms with E-state index >= 15 is 0 Å². The molecule has 7 nitrogen and oxygen atoms in total. The molecular formula is C31H29N3O4S2. The molecular weight excluding hydrogens is 542 g/mol. The van der Waals surface area contributed by atoms with Gasteiger partial charge in [0.2, 0.25) is 0 Å². The van der Waals surface area contributed by atoms with Gasteiger partial charge < -0.3 is 14.2 Å². The monoisotopic (exact) mass is 571 g/mol. The third-order valence-corrected chi connectivity index (χ3v) is 7.81. The Kier molecular flexibility index (Phi) is 8.52. The van der Waals surface area contributed by atoms with Crippen LogP contribution in [0.25, 0.3) is 23.0 Å². The zero-order chi connectivity index (χ0) is 28.1. The summed E-state index contributed by atoms with van der Waals surface area (Å²) < 4.78 is 18.7. The summed E-state index contributed by atoms with van der Waals surface area (Å²) in [6, 6.07) is 23.5. The minimum atomic E-state index is -0.111. The molecule has 0 N–H and O–H groups in total. The summed E-state index contributed by atoms with van der Waals surface area (Å²) in [4.78, 5) is 15.7. The molecule has 4 aromatic rings. The van der Waals surface area contributed by atoms with Crippen molar-refractivity contribution < 1.29 is 19.0 Å². The fourth-order valence-corrected chi connectivity index (χ4v) is 5.72. The van der Waals surface area contributed by atoms with Crippen molar-refractivity contribution >= 4 is 40.3 Å². The Balaban J connectivity index is 1.42. The Morgan fingerprint density at radius 3 is 2.42 bits per heavy atom. The van der Waals surface area contributed by atoms with Crippen LogP contribution in [0.15, 0.2) is 83.9 Å². The molecule has 204 valence electrons. The van der Waals surface area contributed by atoms with Crippen molar-refractivity contribution in [2.75, 3.05) is 27.4 Å². The summed E-state index contributed by atoms with van der Waals surface area (Å²) >= 11 is 6.92. The first-order valence-corrected chi connectivity index (χ1v) is 14.1. The first kappa shape index (κ1) is 27.5. The predicted molar refractivity (Wildman–Crippen MR) is 163 cm³/mol. The summed E-state index contributed by atoms with van der Waals surface area (Å²) in [5.41, 5.74) is 4.47. The number of carbonyl (C=O) groups excluding carboxylic acids is 1. The van der Waals surface area contributed by atoms with E-state index in [0.717, 1.165) is 33.8 Å². The molecule has 1 amide bonds. The normalized spacial score (nSPS) is 14.2. The minimum absolute atomic E-state index is 0.111. The number of nitrogens with zero attached hydrogens (tertiary/aromatic N) is 3. The van der Waals surface area contributed by atoms with Crippen molar-refractivity contribution in [3.63, 3.8) is 0 Å². The highest BCUT2D eigenvalue weighted by Gasteiger charge is 2.32. The molecule has 3 aromatic carbocycles. The molecule has 2 heterocycles. The van der Waals surface area contributed by atoms with Crippen LogP contribution in [-0.4, -0.2) is 52.3 Å². The van der Waals surface area contributed by atoms with Crippen LogP contribution in [0.3, 0.4) is 0 Å². The Morgan fingerprint density at radius 1 is 0.975 bits per heavy atom. The van der Waals surface area contributed by atoms with Crippen LogP contribution in [-0.2, 0) is 11.2 Å². The Morgan fingerprint density at radius 2 is 1.73 bits per heavy atom. The van der Waals surface area contributed by atoms with Gasteiger partial charge in [-0.1, -0.05) is 48.2 Å². The van der Waals surface area contributed by atoms with Crippen LogP contribution >= 0.6 is 24.0 Å². The zero-order valence-corrected chi connectivity index (χ0v) is 24.1. The molecule has 1 fully saturated rings. The summed E-state index contributed by atoms with van der Waals surface area (Å²) in [5, 5.41) is 4.88. The van der Waals surface area contributed by atoms with Gasteiger partial charge in [0.15, 0.2) is 11.5 Å². The van der Waals surface area contributed by atoms with Gasteiger partial charge in [-0.15, -0.1) is 0 Å². The number of para-hydroxylation sites is 1. The lowest BCUT2D eigenvalue weighted by molar-refractivity contribution is -0.122. The maximum absolute atomic E-state index is 13.5. The average Bonchev–Trinajstić information content (AvgIpc) is 3.52. The standard InChI is InChI=1S/C31H29N3O4S2/c1-4-38-25-13-11-22(12-14-25)29-23(20-34(32-29)24-8-6-5-7-9-24)19-28-30(35)33(31(39)40-28)17-16-21-10-15-26(36-2)27(18-21)37-3/h5-15,18-20H,4,16-17H2,1-3H3/b28-19-. The van der Waals surface area contributed by atoms with Gasteiger partial charge in [-0.2, -0.15) is 5.10 Å². The van der Waals surface area contributed by atoms with Crippen LogP contribution < -0.4 is 14.2 Å². The van der Waals surface area contributed by atoms with Crippen LogP contribution in [0.2, 0.25) is 0 Å². The number of hydrogen-bond acceptors (Lipinski definition) is 7. The third-order valence-electron chi connectivity index (χ3n) is 6.43. The Bertz CT molecular complexity index is 1550. The zero-order valence-electron chi connectivity index (χ0n) is 22.5. The fourth-order valence-electron chi connectivity index (χ4n) is 4.42. The smallest absolute Gasteiger partial charge is 0.266 e. The molecule has 1 aromatic heterocycles. The molecule has 5 rings (SSSR count). The molecule has 0 spiro atoms. The average molecular weight is 572 g/mol. The number of methoxy groups -OCH3 is 2. The number of ether oxygens (including phenoxy) is 3. The van der Waals surface area contributed by atoms with E-state index in [9.17, 15) is 4.79 Å². The maximum atomic E-state index is 13.5. The van der Waals surface area contributed by atoms with Gasteiger partial charge in [-0.05, 0) is 73.5 Å². The summed E-state index contributed by atoms with van der Waals surface area (Å²) in [5.74, 6) is 2.01. The lowest BCUT2D eigenvalue weighted by Gasteiger charge is -2.15. The summed E-state index contributed by atoms with van der Waals surface area (Å²) in [6.07, 6.45) is 4.45. The number of benzene rings is 3. The van der Waals surface area contributed by atoms with Gasteiger partial charge in [0.1, 0.15) is 10.1 Å². The molecule has 0 radical (unpaired) electrons. The van der Waals surface area contributed by atoms with Crippen molar-refractivity contribution in [1.29, 1.82) is 0 Å². The fraction of sp³-hybridized carbons (Fsp3) is 0.194. The highest BCUT2D eigenvalue weighted by atomic mass is 32.2. The van der Waals surface area contributed by atoms with Gasteiger partial charge in [-0.25, -0.2) is 4.68 Å². The van der Waals surface area contributed by atoms with Crippen LogP contribution in [0.4, 0.5) is 0 Å². The van der Waals surface area contributed by atoms with E-state index in [1.165, 1.54) is 11.8 Å². The number of hydrogen-bond donors (Lipinski definition) is 0. The number of carbonyl (C=O) groups is 1. The number of amides is 1. The van der Waals surface area contributed by atoms with Gasteiger partial charge in [0.05, 0.1) is 37.1 Å². The second kappa shape index (κ2) is 12.4. The second-order valence-electron chi connectivity index (χ2n) is 8.94. The third kappa shape index (κ3) is 5.90. The molecule has 0 aliphatic carbocycles. The predicted octanol–water partition coefficient (Wildman–Crippen LogP) is 6.40. The highest BCUT2D eigenvalue weighted by Crippen LogP contribution is 2.36. The van der Waals surface area contributed by atoms with Crippen LogP contribution in [0.5, 0.6) is 17.2 Å². The molecule has 1 saturated heterocycles. The Labute approximate surface area is 243 Å². The quantitative estimate of drug-likeness (QED) is 0.161. The first-order chi connectivity index (χ1) is 19.5. The second-order valence-corrected chi connectivity index (χ2v) is 10.6. The largest absolute Gasteiger partial charge is 0.494 e. The number of aromatic nitrogens is 2. The SMILES string of the molecule is CCOc1ccc(-c2nn(-c3ccccc3)cc2/C=C2\SC(=S)N(CCc3ccc(OC)c(OC)c3)C2=O)cc1. The number of thioether (sulfide) groups is 1. The molecule has 40 heavy (non-hydrogen) atoms. The van der Waals surface area contributed by atoms with Crippen molar-refractivity contribution in [3.8, 4) is 34.2 Å². The number of rotatable bonds is 10. The Hall–Kier alpha value is -4.08. The molecule has 0 atom stereocenters. The van der Waals surface area contributed by atoms with Crippen molar-refractivity contribution in [2.24, 2.45) is 0 Å². The van der Waals surface area contributed by atoms with Crippen molar-refractivity contribution in [2.45, 2.75) is 13.3 Å². The minimum Gasteiger partial charge on any atom is -0.494 e. The molecule has 0 unspecified atom stereocenters. The summed E-state index contributed by atoms with van der Waals surface area (Å²) in [6.45, 7) is 3.02. The molecule has 1 aliphatic heterocycles. The lowest BCUT2D eigenvalue weighted by Crippen LogP contribution is -2.30. The van der Waals surface area contributed by atoms with Crippen molar-refractivity contribution in [3.05, 3.63) is 95.0 Å². The molecule has 0 bridgehead atoms. The maximum Gasteiger partial charge on any atom is 0.266 e. The highest BCUT2D eigenvalue weighted by molar-refractivity contribution is 8.26. The lowest BCUT2D eigenvalue weighted by atomic mass is 10.1. The summed E-state index contributed by atoms with van der Waals surface area (Å²) in [7, 11) is 3.21. The number of thiocarbonyl (C=S) groups is 1. The topological polar surface area (TPSA) is 65.8 Å².